The standard InChI is InChI=1S/C15H18N4O5S/c1-25(22,23)15-10-13(2-3-14(15)19(20)21)18-7-5-17(6-8-18)11-12-4-9-24-16-12/h2-4,9-10H,5-8,11H2,1H3. The molecule has 10 heteroatoms. The van der Waals surface area contributed by atoms with Gasteiger partial charge in [0, 0.05) is 56.8 Å². The lowest BCUT2D eigenvalue weighted by Crippen LogP contribution is -2.46. The average Bonchev–Trinajstić information content (AvgIpc) is 3.07. The number of anilines is 1. The van der Waals surface area contributed by atoms with Crippen LogP contribution in [0, 0.1) is 10.1 Å². The van der Waals surface area contributed by atoms with Gasteiger partial charge in [0.2, 0.25) is 0 Å². The van der Waals surface area contributed by atoms with Crippen LogP contribution in [-0.2, 0) is 16.4 Å². The fourth-order valence-electron chi connectivity index (χ4n) is 2.86. The summed E-state index contributed by atoms with van der Waals surface area (Å²) in [6.45, 7) is 3.63. The van der Waals surface area contributed by atoms with Crippen molar-refractivity contribution < 1.29 is 17.9 Å². The average molecular weight is 366 g/mol. The highest BCUT2D eigenvalue weighted by molar-refractivity contribution is 7.90. The van der Waals surface area contributed by atoms with Crippen LogP contribution in [0.4, 0.5) is 11.4 Å². The summed E-state index contributed by atoms with van der Waals surface area (Å²) in [6.07, 6.45) is 2.52. The molecule has 0 amide bonds. The number of benzene rings is 1. The van der Waals surface area contributed by atoms with Crippen LogP contribution in [0.25, 0.3) is 0 Å². The minimum Gasteiger partial charge on any atom is -0.369 e. The van der Waals surface area contributed by atoms with Gasteiger partial charge in [-0.2, -0.15) is 0 Å². The van der Waals surface area contributed by atoms with Crippen LogP contribution < -0.4 is 4.90 Å². The van der Waals surface area contributed by atoms with Crippen LogP contribution in [0.15, 0.2) is 39.9 Å². The van der Waals surface area contributed by atoms with Gasteiger partial charge in [0.25, 0.3) is 5.69 Å². The Morgan fingerprint density at radius 3 is 2.52 bits per heavy atom. The second-order valence-electron chi connectivity index (χ2n) is 5.94. The van der Waals surface area contributed by atoms with Gasteiger partial charge < -0.3 is 9.42 Å². The number of rotatable bonds is 5. The Balaban J connectivity index is 1.74. The van der Waals surface area contributed by atoms with E-state index in [1.165, 1.54) is 18.4 Å². The minimum atomic E-state index is -3.68. The van der Waals surface area contributed by atoms with Crippen LogP contribution in [0.2, 0.25) is 0 Å². The highest BCUT2D eigenvalue weighted by Gasteiger charge is 2.25. The Kier molecular flexibility index (Phi) is 4.73. The molecule has 0 bridgehead atoms. The van der Waals surface area contributed by atoms with E-state index in [9.17, 15) is 18.5 Å². The summed E-state index contributed by atoms with van der Waals surface area (Å²) in [5.41, 5.74) is 1.14. The molecule has 0 radical (unpaired) electrons. The summed E-state index contributed by atoms with van der Waals surface area (Å²) in [5.74, 6) is 0. The molecule has 1 aromatic heterocycles. The smallest absolute Gasteiger partial charge is 0.288 e. The number of nitro groups is 1. The fourth-order valence-corrected chi connectivity index (χ4v) is 3.72. The summed E-state index contributed by atoms with van der Waals surface area (Å²) < 4.78 is 28.6. The molecule has 1 fully saturated rings. The number of nitro benzene ring substituents is 1. The molecule has 9 nitrogen and oxygen atoms in total. The monoisotopic (exact) mass is 366 g/mol. The summed E-state index contributed by atoms with van der Waals surface area (Å²) in [6, 6.07) is 6.06. The van der Waals surface area contributed by atoms with Gasteiger partial charge in [-0.05, 0) is 12.1 Å². The molecule has 2 heterocycles. The molecule has 2 aromatic rings. The van der Waals surface area contributed by atoms with Gasteiger partial charge in [-0.3, -0.25) is 15.0 Å². The highest BCUT2D eigenvalue weighted by Crippen LogP contribution is 2.29. The largest absolute Gasteiger partial charge is 0.369 e. The van der Waals surface area contributed by atoms with E-state index in [0.717, 1.165) is 25.0 Å². The first-order chi connectivity index (χ1) is 11.8. The number of piperazine rings is 1. The maximum Gasteiger partial charge on any atom is 0.288 e. The Bertz CT molecular complexity index is 858. The lowest BCUT2D eigenvalue weighted by Gasteiger charge is -2.35. The molecule has 0 aliphatic carbocycles. The summed E-state index contributed by atoms with van der Waals surface area (Å²) in [7, 11) is -3.68. The molecule has 25 heavy (non-hydrogen) atoms. The number of aromatic nitrogens is 1. The maximum absolute atomic E-state index is 11.9. The van der Waals surface area contributed by atoms with Gasteiger partial charge in [-0.1, -0.05) is 5.16 Å². The first kappa shape index (κ1) is 17.4. The predicted molar refractivity (Wildman–Crippen MR) is 90.2 cm³/mol. The van der Waals surface area contributed by atoms with Crippen molar-refractivity contribution in [2.24, 2.45) is 0 Å². The van der Waals surface area contributed by atoms with Crippen LogP contribution in [0.1, 0.15) is 5.69 Å². The normalized spacial score (nSPS) is 16.1. The molecule has 0 unspecified atom stereocenters. The third-order valence-electron chi connectivity index (χ3n) is 4.15. The zero-order chi connectivity index (χ0) is 18.0. The van der Waals surface area contributed by atoms with Gasteiger partial charge in [0.15, 0.2) is 9.84 Å². The Morgan fingerprint density at radius 1 is 1.24 bits per heavy atom. The molecule has 1 aromatic carbocycles. The van der Waals surface area contributed by atoms with Crippen molar-refractivity contribution in [3.8, 4) is 0 Å². The number of hydrogen-bond donors (Lipinski definition) is 0. The van der Waals surface area contributed by atoms with Crippen molar-refractivity contribution in [3.05, 3.63) is 46.3 Å². The van der Waals surface area contributed by atoms with Crippen LogP contribution in [0.3, 0.4) is 0 Å². The second-order valence-corrected chi connectivity index (χ2v) is 7.92. The first-order valence-corrected chi connectivity index (χ1v) is 9.59. The van der Waals surface area contributed by atoms with Crippen molar-refractivity contribution in [3.63, 3.8) is 0 Å². The molecule has 1 saturated heterocycles. The van der Waals surface area contributed by atoms with E-state index >= 15 is 0 Å². The zero-order valence-electron chi connectivity index (χ0n) is 13.7. The van der Waals surface area contributed by atoms with E-state index in [2.05, 4.69) is 10.1 Å². The molecule has 134 valence electrons. The van der Waals surface area contributed by atoms with Crippen molar-refractivity contribution in [1.82, 2.24) is 10.1 Å². The van der Waals surface area contributed by atoms with Gasteiger partial charge >= 0.3 is 0 Å². The van der Waals surface area contributed by atoms with Crippen molar-refractivity contribution >= 4 is 21.2 Å². The lowest BCUT2D eigenvalue weighted by atomic mass is 10.2. The number of nitrogens with zero attached hydrogens (tertiary/aromatic N) is 4. The predicted octanol–water partition coefficient (Wildman–Crippen LogP) is 1.31. The van der Waals surface area contributed by atoms with Gasteiger partial charge in [0.05, 0.1) is 10.6 Å². The molecule has 1 aliphatic heterocycles. The summed E-state index contributed by atoms with van der Waals surface area (Å²) in [4.78, 5) is 14.4. The second kappa shape index (κ2) is 6.81. The lowest BCUT2D eigenvalue weighted by molar-refractivity contribution is -0.387. The van der Waals surface area contributed by atoms with Gasteiger partial charge in [-0.15, -0.1) is 0 Å². The van der Waals surface area contributed by atoms with Crippen LogP contribution in [0.5, 0.6) is 0 Å². The molecule has 0 spiro atoms. The molecular weight excluding hydrogens is 348 g/mol. The number of hydrogen-bond acceptors (Lipinski definition) is 8. The summed E-state index contributed by atoms with van der Waals surface area (Å²) >= 11 is 0. The van der Waals surface area contributed by atoms with Crippen molar-refractivity contribution in [2.45, 2.75) is 11.4 Å². The topological polar surface area (TPSA) is 110 Å². The number of sulfone groups is 1. The van der Waals surface area contributed by atoms with E-state index < -0.39 is 20.4 Å². The van der Waals surface area contributed by atoms with Crippen LogP contribution >= 0.6 is 0 Å². The fraction of sp³-hybridized carbons (Fsp3) is 0.400. The van der Waals surface area contributed by atoms with Crippen molar-refractivity contribution in [2.75, 3.05) is 37.3 Å². The van der Waals surface area contributed by atoms with E-state index in [1.54, 1.807) is 6.07 Å². The molecule has 0 N–H and O–H groups in total. The van der Waals surface area contributed by atoms with E-state index in [1.807, 2.05) is 11.0 Å². The van der Waals surface area contributed by atoms with E-state index in [4.69, 9.17) is 4.52 Å². The molecule has 0 atom stereocenters. The van der Waals surface area contributed by atoms with E-state index in [0.29, 0.717) is 25.3 Å². The minimum absolute atomic E-state index is 0.250. The van der Waals surface area contributed by atoms with Crippen LogP contribution in [-0.4, -0.2) is 55.8 Å². The molecule has 0 saturated carbocycles. The highest BCUT2D eigenvalue weighted by atomic mass is 32.2. The van der Waals surface area contributed by atoms with Gasteiger partial charge in [-0.25, -0.2) is 8.42 Å². The van der Waals surface area contributed by atoms with E-state index in [-0.39, 0.29) is 4.90 Å². The third-order valence-corrected chi connectivity index (χ3v) is 5.28. The third kappa shape index (κ3) is 3.97. The first-order valence-electron chi connectivity index (χ1n) is 7.69. The molecular formula is C15H18N4O5S. The maximum atomic E-state index is 11.9. The zero-order valence-corrected chi connectivity index (χ0v) is 14.5. The van der Waals surface area contributed by atoms with Crippen molar-refractivity contribution in [1.29, 1.82) is 0 Å². The summed E-state index contributed by atoms with van der Waals surface area (Å²) in [5, 5.41) is 14.9. The quantitative estimate of drug-likeness (QED) is 0.575. The molecule has 3 rings (SSSR count). The Labute approximate surface area is 144 Å². The van der Waals surface area contributed by atoms with Gasteiger partial charge in [0.1, 0.15) is 11.2 Å². The Hall–Kier alpha value is -2.46. The molecule has 1 aliphatic rings. The SMILES string of the molecule is CS(=O)(=O)c1cc(N2CCN(Cc3ccon3)CC2)ccc1[N+](=O)[O-]. The Morgan fingerprint density at radius 2 is 1.96 bits per heavy atom.